The Balaban J connectivity index is 1.32. The number of nitrogens with zero attached hydrogens (tertiary/aromatic N) is 3. The van der Waals surface area contributed by atoms with Crippen LogP contribution >= 0.6 is 11.3 Å². The second-order valence-electron chi connectivity index (χ2n) is 11.1. The Kier molecular flexibility index (Phi) is 9.88. The first-order valence-corrected chi connectivity index (χ1v) is 15.2. The molecule has 1 N–H and O–H groups in total. The molecule has 1 aromatic carbocycles. The van der Waals surface area contributed by atoms with Crippen LogP contribution in [0.5, 0.6) is 5.75 Å². The Hall–Kier alpha value is -3.03. The summed E-state index contributed by atoms with van der Waals surface area (Å²) in [5.41, 5.74) is 1.81. The minimum absolute atomic E-state index is 0.0555. The predicted octanol–water partition coefficient (Wildman–Crippen LogP) is 5.54. The van der Waals surface area contributed by atoms with Crippen LogP contribution in [-0.2, 0) is 16.1 Å². The Morgan fingerprint density at radius 2 is 2.02 bits per heavy atom. The molecule has 7 nitrogen and oxygen atoms in total. The van der Waals surface area contributed by atoms with E-state index in [9.17, 15) is 9.90 Å². The molecule has 0 saturated carbocycles. The quantitative estimate of drug-likeness (QED) is 0.316. The summed E-state index contributed by atoms with van der Waals surface area (Å²) in [5.74, 6) is 6.28. The van der Waals surface area contributed by atoms with Crippen LogP contribution in [0.1, 0.15) is 54.3 Å². The lowest BCUT2D eigenvalue weighted by molar-refractivity contribution is -0.141. The summed E-state index contributed by atoms with van der Waals surface area (Å²) in [5, 5.41) is 12.6. The average molecular weight is 580 g/mol. The van der Waals surface area contributed by atoms with Gasteiger partial charge in [-0.25, -0.2) is 4.39 Å². The molecule has 218 valence electrons. The van der Waals surface area contributed by atoms with E-state index in [0.29, 0.717) is 44.0 Å². The van der Waals surface area contributed by atoms with Gasteiger partial charge < -0.3 is 14.6 Å². The fourth-order valence-electron chi connectivity index (χ4n) is 6.04. The van der Waals surface area contributed by atoms with Gasteiger partial charge in [0.25, 0.3) is 0 Å². The van der Waals surface area contributed by atoms with Gasteiger partial charge in [-0.2, -0.15) is 0 Å². The standard InChI is InChI=1S/C32H38FN3O4S/c1-39-25-6-7-29-27(20-25)31(24(22-34-29)23-36-15-17-40-18-16-36)28(33)8-9-32(21-30(37)38)10-13-35(14-11-32)12-2-4-26-5-3-19-41-26/h3,5-7,19-20,22,28H,8-18,21,23H2,1H3,(H,37,38). The first-order chi connectivity index (χ1) is 19.9. The number of hydrogen-bond acceptors (Lipinski definition) is 7. The zero-order chi connectivity index (χ0) is 28.7. The highest BCUT2D eigenvalue weighted by molar-refractivity contribution is 7.10. The smallest absolute Gasteiger partial charge is 0.303 e. The van der Waals surface area contributed by atoms with Crippen LogP contribution in [0.2, 0.25) is 0 Å². The van der Waals surface area contributed by atoms with Crippen molar-refractivity contribution in [3.05, 3.63) is 57.9 Å². The van der Waals surface area contributed by atoms with E-state index in [1.54, 1.807) is 24.6 Å². The average Bonchev–Trinajstić information content (AvgIpc) is 3.50. The number of likely N-dealkylation sites (tertiary alicyclic amines) is 1. The van der Waals surface area contributed by atoms with Gasteiger partial charge >= 0.3 is 5.97 Å². The maximum Gasteiger partial charge on any atom is 0.303 e. The van der Waals surface area contributed by atoms with Gasteiger partial charge in [-0.05, 0) is 79.4 Å². The molecule has 0 aliphatic carbocycles. The number of carboxylic acid groups (broad SMARTS) is 1. The maximum absolute atomic E-state index is 16.5. The molecule has 41 heavy (non-hydrogen) atoms. The van der Waals surface area contributed by atoms with Crippen molar-refractivity contribution in [3.63, 3.8) is 0 Å². The minimum atomic E-state index is -1.25. The van der Waals surface area contributed by atoms with Crippen LogP contribution in [0.3, 0.4) is 0 Å². The molecular weight excluding hydrogens is 541 g/mol. The molecule has 2 saturated heterocycles. The van der Waals surface area contributed by atoms with E-state index >= 15 is 4.39 Å². The molecule has 2 fully saturated rings. The number of carbonyl (C=O) groups is 1. The van der Waals surface area contributed by atoms with Crippen molar-refractivity contribution in [2.45, 2.75) is 44.8 Å². The number of halogens is 1. The number of carboxylic acids is 1. The molecule has 2 aliphatic rings. The van der Waals surface area contributed by atoms with E-state index in [4.69, 9.17) is 9.47 Å². The topological polar surface area (TPSA) is 75.1 Å². The van der Waals surface area contributed by atoms with E-state index in [2.05, 4.69) is 26.6 Å². The third kappa shape index (κ3) is 7.63. The lowest BCUT2D eigenvalue weighted by Crippen LogP contribution is -2.41. The van der Waals surface area contributed by atoms with Gasteiger partial charge in [0.2, 0.25) is 0 Å². The van der Waals surface area contributed by atoms with Crippen LogP contribution in [0.25, 0.3) is 10.9 Å². The van der Waals surface area contributed by atoms with Crippen LogP contribution < -0.4 is 4.74 Å². The number of aliphatic carboxylic acids is 1. The van der Waals surface area contributed by atoms with Gasteiger partial charge in [-0.3, -0.25) is 19.6 Å². The normalized spacial score (nSPS) is 18.5. The van der Waals surface area contributed by atoms with Crippen molar-refractivity contribution in [3.8, 4) is 17.6 Å². The number of pyridine rings is 1. The molecule has 0 amide bonds. The van der Waals surface area contributed by atoms with Gasteiger partial charge in [0.05, 0.1) is 43.7 Å². The predicted molar refractivity (Wildman–Crippen MR) is 159 cm³/mol. The van der Waals surface area contributed by atoms with E-state index in [-0.39, 0.29) is 12.8 Å². The number of benzene rings is 1. The van der Waals surface area contributed by atoms with Gasteiger partial charge in [-0.15, -0.1) is 11.3 Å². The van der Waals surface area contributed by atoms with Gasteiger partial charge in [0.15, 0.2) is 0 Å². The second kappa shape index (κ2) is 13.8. The number of ether oxygens (including phenoxy) is 2. The molecule has 9 heteroatoms. The van der Waals surface area contributed by atoms with E-state index in [1.807, 2.05) is 35.7 Å². The summed E-state index contributed by atoms with van der Waals surface area (Å²) >= 11 is 1.62. The summed E-state index contributed by atoms with van der Waals surface area (Å²) in [6.07, 6.45) is 2.83. The van der Waals surface area contributed by atoms with E-state index in [0.717, 1.165) is 60.4 Å². The van der Waals surface area contributed by atoms with Gasteiger partial charge in [0.1, 0.15) is 11.9 Å². The molecule has 1 atom stereocenters. The van der Waals surface area contributed by atoms with E-state index in [1.165, 1.54) is 0 Å². The molecule has 2 aromatic heterocycles. The van der Waals surface area contributed by atoms with Crippen molar-refractivity contribution in [2.24, 2.45) is 5.41 Å². The van der Waals surface area contributed by atoms with Crippen molar-refractivity contribution >= 4 is 28.2 Å². The first kappa shape index (κ1) is 29.5. The summed E-state index contributed by atoms with van der Waals surface area (Å²) in [6, 6.07) is 9.58. The molecule has 1 unspecified atom stereocenters. The molecule has 0 bridgehead atoms. The summed E-state index contributed by atoms with van der Waals surface area (Å²) < 4.78 is 27.4. The van der Waals surface area contributed by atoms with Crippen molar-refractivity contribution < 1.29 is 23.8 Å². The molecule has 2 aliphatic heterocycles. The number of piperidine rings is 1. The van der Waals surface area contributed by atoms with Crippen molar-refractivity contribution in [1.29, 1.82) is 0 Å². The minimum Gasteiger partial charge on any atom is -0.497 e. The Morgan fingerprint density at radius 3 is 2.73 bits per heavy atom. The number of hydrogen-bond donors (Lipinski definition) is 1. The van der Waals surface area contributed by atoms with E-state index < -0.39 is 17.6 Å². The molecule has 5 rings (SSSR count). The summed E-state index contributed by atoms with van der Waals surface area (Å²) in [4.78, 5) is 22.2. The SMILES string of the molecule is COc1ccc2ncc(CN3CCOCC3)c(C(F)CCC3(CC(=O)O)CCN(CC#Cc4cccs4)CC3)c2c1. The Morgan fingerprint density at radius 1 is 1.22 bits per heavy atom. The lowest BCUT2D eigenvalue weighted by Gasteiger charge is -2.41. The fraction of sp³-hybridized carbons (Fsp3) is 0.500. The van der Waals surface area contributed by atoms with Crippen LogP contribution in [-0.4, -0.2) is 78.9 Å². The van der Waals surface area contributed by atoms with Crippen LogP contribution in [0, 0.1) is 17.3 Å². The third-order valence-electron chi connectivity index (χ3n) is 8.42. The number of fused-ring (bicyclic) bond motifs is 1. The van der Waals surface area contributed by atoms with Crippen molar-refractivity contribution in [2.75, 3.05) is 53.0 Å². The Bertz CT molecular complexity index is 1370. The number of thiophene rings is 1. The zero-order valence-electron chi connectivity index (χ0n) is 23.6. The van der Waals surface area contributed by atoms with Crippen LogP contribution in [0.15, 0.2) is 41.9 Å². The number of alkyl halides is 1. The molecule has 4 heterocycles. The number of rotatable bonds is 10. The third-order valence-corrected chi connectivity index (χ3v) is 9.20. The zero-order valence-corrected chi connectivity index (χ0v) is 24.4. The molecule has 3 aromatic rings. The largest absolute Gasteiger partial charge is 0.497 e. The molecular formula is C32H38FN3O4S. The number of methoxy groups -OCH3 is 1. The molecule has 0 spiro atoms. The van der Waals surface area contributed by atoms with Crippen molar-refractivity contribution in [1.82, 2.24) is 14.8 Å². The summed E-state index contributed by atoms with van der Waals surface area (Å²) in [7, 11) is 1.61. The first-order valence-electron chi connectivity index (χ1n) is 14.3. The summed E-state index contributed by atoms with van der Waals surface area (Å²) in [6.45, 7) is 5.70. The highest BCUT2D eigenvalue weighted by Gasteiger charge is 2.37. The lowest BCUT2D eigenvalue weighted by atomic mass is 9.71. The number of morpholine rings is 1. The monoisotopic (exact) mass is 579 g/mol. The second-order valence-corrected chi connectivity index (χ2v) is 12.0. The van der Waals surface area contributed by atoms with Crippen LogP contribution in [0.4, 0.5) is 4.39 Å². The van der Waals surface area contributed by atoms with Gasteiger partial charge in [0, 0.05) is 36.8 Å². The fourth-order valence-corrected chi connectivity index (χ4v) is 6.64. The number of aromatic nitrogens is 1. The Labute approximate surface area is 245 Å². The van der Waals surface area contributed by atoms with Gasteiger partial charge in [-0.1, -0.05) is 17.9 Å². The highest BCUT2D eigenvalue weighted by atomic mass is 32.1. The maximum atomic E-state index is 16.5. The highest BCUT2D eigenvalue weighted by Crippen LogP contribution is 2.43. The molecule has 0 radical (unpaired) electrons.